The Morgan fingerprint density at radius 3 is 2.90 bits per heavy atom. The maximum atomic E-state index is 13.8. The summed E-state index contributed by atoms with van der Waals surface area (Å²) >= 11 is 0. The summed E-state index contributed by atoms with van der Waals surface area (Å²) in [5.41, 5.74) is 6.68. The van der Waals surface area contributed by atoms with Gasteiger partial charge in [-0.05, 0) is 42.8 Å². The number of carbonyl (C=O) groups is 1. The van der Waals surface area contributed by atoms with Gasteiger partial charge < -0.3 is 11.1 Å². The Morgan fingerprint density at radius 1 is 1.38 bits per heavy atom. The van der Waals surface area contributed by atoms with Crippen molar-refractivity contribution in [3.05, 3.63) is 59.0 Å². The molecule has 0 aliphatic rings. The first-order chi connectivity index (χ1) is 10.1. The van der Waals surface area contributed by atoms with E-state index in [1.165, 1.54) is 18.2 Å². The Bertz CT molecular complexity index is 732. The Hall–Kier alpha value is -2.71. The molecule has 106 valence electrons. The van der Waals surface area contributed by atoms with Gasteiger partial charge in [-0.25, -0.2) is 9.37 Å². The number of aromatic nitrogens is 1. The molecule has 0 saturated heterocycles. The third-order valence-corrected chi connectivity index (χ3v) is 2.70. The molecular weight excluding hydrogens is 269 g/mol. The number of nitrogens with zero attached hydrogens (tertiary/aromatic N) is 1. The third-order valence-electron chi connectivity index (χ3n) is 2.70. The van der Waals surface area contributed by atoms with Crippen LogP contribution in [0.2, 0.25) is 0 Å². The molecule has 21 heavy (non-hydrogen) atoms. The van der Waals surface area contributed by atoms with Crippen LogP contribution in [0.4, 0.5) is 10.2 Å². The summed E-state index contributed by atoms with van der Waals surface area (Å²) in [6.07, 6.45) is 1.57. The summed E-state index contributed by atoms with van der Waals surface area (Å²) in [6.45, 7) is 2.08. The van der Waals surface area contributed by atoms with Gasteiger partial charge in [-0.15, -0.1) is 0 Å². The topological polar surface area (TPSA) is 68.0 Å². The van der Waals surface area contributed by atoms with Crippen molar-refractivity contribution >= 4 is 11.7 Å². The molecule has 1 aromatic carbocycles. The Kier molecular flexibility index (Phi) is 4.64. The van der Waals surface area contributed by atoms with Crippen molar-refractivity contribution in [3.8, 4) is 11.8 Å². The van der Waals surface area contributed by atoms with Crippen molar-refractivity contribution in [2.45, 2.75) is 6.92 Å². The van der Waals surface area contributed by atoms with Crippen molar-refractivity contribution in [3.63, 3.8) is 0 Å². The molecule has 0 spiro atoms. The number of benzene rings is 1. The summed E-state index contributed by atoms with van der Waals surface area (Å²) in [6, 6.07) is 7.61. The zero-order chi connectivity index (χ0) is 15.2. The van der Waals surface area contributed by atoms with Crippen LogP contribution >= 0.6 is 0 Å². The number of nitrogens with two attached hydrogens (primary N) is 1. The number of pyridine rings is 1. The minimum Gasteiger partial charge on any atom is -0.320 e. The number of rotatable bonds is 2. The molecule has 2 rings (SSSR count). The van der Waals surface area contributed by atoms with Crippen LogP contribution in [0.3, 0.4) is 0 Å². The minimum atomic E-state index is -0.613. The Labute approximate surface area is 122 Å². The highest BCUT2D eigenvalue weighted by Gasteiger charge is 2.13. The number of hydrogen-bond donors (Lipinski definition) is 2. The van der Waals surface area contributed by atoms with Gasteiger partial charge in [0.1, 0.15) is 11.6 Å². The predicted molar refractivity (Wildman–Crippen MR) is 79.3 cm³/mol. The first kappa shape index (κ1) is 14.7. The van der Waals surface area contributed by atoms with Gasteiger partial charge in [-0.2, -0.15) is 0 Å². The Balaban J connectivity index is 2.26. The summed E-state index contributed by atoms with van der Waals surface area (Å²) in [5.74, 6) is 4.61. The van der Waals surface area contributed by atoms with Crippen LogP contribution in [0.5, 0.6) is 0 Å². The highest BCUT2D eigenvalue weighted by molar-refractivity contribution is 6.04. The molecule has 3 N–H and O–H groups in total. The fourth-order valence-corrected chi connectivity index (χ4v) is 1.72. The van der Waals surface area contributed by atoms with E-state index in [9.17, 15) is 9.18 Å². The van der Waals surface area contributed by atoms with E-state index < -0.39 is 11.7 Å². The molecule has 5 heteroatoms. The number of amides is 1. The number of nitrogens with one attached hydrogen (secondary N) is 1. The van der Waals surface area contributed by atoms with Crippen molar-refractivity contribution in [2.75, 3.05) is 11.9 Å². The quantitative estimate of drug-likeness (QED) is 0.829. The lowest BCUT2D eigenvalue weighted by atomic mass is 10.1. The minimum absolute atomic E-state index is 0.0814. The van der Waals surface area contributed by atoms with Crippen molar-refractivity contribution in [1.82, 2.24) is 4.98 Å². The average Bonchev–Trinajstić information content (AvgIpc) is 2.46. The lowest BCUT2D eigenvalue weighted by Crippen LogP contribution is -2.15. The van der Waals surface area contributed by atoms with E-state index in [2.05, 4.69) is 22.1 Å². The highest BCUT2D eigenvalue weighted by atomic mass is 19.1. The maximum absolute atomic E-state index is 13.8. The van der Waals surface area contributed by atoms with Gasteiger partial charge in [0.25, 0.3) is 5.91 Å². The van der Waals surface area contributed by atoms with Crippen LogP contribution in [-0.2, 0) is 0 Å². The summed E-state index contributed by atoms with van der Waals surface area (Å²) in [7, 11) is 0. The fourth-order valence-electron chi connectivity index (χ4n) is 1.72. The van der Waals surface area contributed by atoms with Crippen LogP contribution in [0.15, 0.2) is 36.5 Å². The molecule has 2 aromatic rings. The molecule has 1 heterocycles. The molecule has 0 aliphatic carbocycles. The van der Waals surface area contributed by atoms with E-state index in [-0.39, 0.29) is 12.1 Å². The largest absolute Gasteiger partial charge is 0.320 e. The van der Waals surface area contributed by atoms with E-state index in [4.69, 9.17) is 5.73 Å². The molecule has 1 aromatic heterocycles. The molecular formula is C16H14FN3O. The predicted octanol–water partition coefficient (Wildman–Crippen LogP) is 2.09. The van der Waals surface area contributed by atoms with Gasteiger partial charge in [0.05, 0.1) is 12.1 Å². The van der Waals surface area contributed by atoms with E-state index >= 15 is 0 Å². The molecule has 0 radical (unpaired) electrons. The van der Waals surface area contributed by atoms with Crippen molar-refractivity contribution < 1.29 is 9.18 Å². The van der Waals surface area contributed by atoms with Crippen LogP contribution in [0.25, 0.3) is 0 Å². The van der Waals surface area contributed by atoms with Gasteiger partial charge in [0.15, 0.2) is 0 Å². The van der Waals surface area contributed by atoms with Crippen LogP contribution in [0, 0.1) is 24.6 Å². The van der Waals surface area contributed by atoms with E-state index in [1.54, 1.807) is 18.3 Å². The monoisotopic (exact) mass is 283 g/mol. The lowest BCUT2D eigenvalue weighted by molar-refractivity contribution is 0.102. The molecule has 0 saturated carbocycles. The first-order valence-electron chi connectivity index (χ1n) is 6.32. The van der Waals surface area contributed by atoms with Crippen molar-refractivity contribution in [1.29, 1.82) is 0 Å². The molecule has 0 fully saturated rings. The summed E-state index contributed by atoms with van der Waals surface area (Å²) < 4.78 is 13.8. The van der Waals surface area contributed by atoms with E-state index in [0.717, 1.165) is 5.56 Å². The van der Waals surface area contributed by atoms with Gasteiger partial charge in [-0.3, -0.25) is 4.79 Å². The number of carbonyl (C=O) groups excluding carboxylic acids is 1. The number of hydrogen-bond acceptors (Lipinski definition) is 3. The first-order valence-corrected chi connectivity index (χ1v) is 6.32. The van der Waals surface area contributed by atoms with Crippen molar-refractivity contribution in [2.24, 2.45) is 5.73 Å². The zero-order valence-corrected chi connectivity index (χ0v) is 11.5. The van der Waals surface area contributed by atoms with Crippen LogP contribution in [-0.4, -0.2) is 17.4 Å². The molecule has 4 nitrogen and oxygen atoms in total. The van der Waals surface area contributed by atoms with Gasteiger partial charge >= 0.3 is 0 Å². The zero-order valence-electron chi connectivity index (χ0n) is 11.5. The summed E-state index contributed by atoms with van der Waals surface area (Å²) in [4.78, 5) is 16.1. The fraction of sp³-hybridized carbons (Fsp3) is 0.125. The lowest BCUT2D eigenvalue weighted by Gasteiger charge is -2.06. The van der Waals surface area contributed by atoms with Gasteiger partial charge in [-0.1, -0.05) is 11.8 Å². The van der Waals surface area contributed by atoms with Gasteiger partial charge in [0.2, 0.25) is 0 Å². The molecule has 0 unspecified atom stereocenters. The second-order valence-electron chi connectivity index (χ2n) is 4.37. The standard InChI is InChI=1S/C16H14FN3O/c1-11-6-8-19-15(9-11)20-16(21)13-10-12(3-2-7-18)4-5-14(13)17/h4-6,8-10H,7,18H2,1H3,(H,19,20,21). The van der Waals surface area contributed by atoms with Crippen LogP contribution < -0.4 is 11.1 Å². The SMILES string of the molecule is Cc1ccnc(NC(=O)c2cc(C#CCN)ccc2F)c1. The van der Waals surface area contributed by atoms with Crippen LogP contribution in [0.1, 0.15) is 21.5 Å². The third kappa shape index (κ3) is 3.88. The maximum Gasteiger partial charge on any atom is 0.259 e. The van der Waals surface area contributed by atoms with E-state index in [1.807, 2.05) is 6.92 Å². The molecule has 1 amide bonds. The molecule has 0 atom stereocenters. The average molecular weight is 283 g/mol. The summed E-state index contributed by atoms with van der Waals surface area (Å²) in [5, 5.41) is 2.56. The Morgan fingerprint density at radius 2 is 2.19 bits per heavy atom. The number of anilines is 1. The molecule has 0 aliphatic heterocycles. The number of aryl methyl sites for hydroxylation is 1. The normalized spacial score (nSPS) is 9.67. The van der Waals surface area contributed by atoms with E-state index in [0.29, 0.717) is 11.4 Å². The number of halogens is 1. The second-order valence-corrected chi connectivity index (χ2v) is 4.37. The smallest absolute Gasteiger partial charge is 0.259 e. The second kappa shape index (κ2) is 6.64. The molecule has 0 bridgehead atoms. The highest BCUT2D eigenvalue weighted by Crippen LogP contribution is 2.13. The van der Waals surface area contributed by atoms with Gasteiger partial charge in [0, 0.05) is 11.8 Å².